The summed E-state index contributed by atoms with van der Waals surface area (Å²) in [5.41, 5.74) is 0.494. The Bertz CT molecular complexity index is 930. The van der Waals surface area contributed by atoms with E-state index in [1.807, 2.05) is 6.92 Å². The molecule has 1 fully saturated rings. The largest absolute Gasteiger partial charge is 0.338 e. The molecule has 2 aromatic heterocycles. The molecule has 1 unspecified atom stereocenters. The molecule has 0 saturated carbocycles. The number of carbonyl (C=O) groups excluding carboxylic acids is 1. The van der Waals surface area contributed by atoms with E-state index in [1.165, 1.54) is 4.31 Å². The molecule has 0 bridgehead atoms. The summed E-state index contributed by atoms with van der Waals surface area (Å²) >= 11 is 3.32. The van der Waals surface area contributed by atoms with Gasteiger partial charge in [0.15, 0.2) is 0 Å². The van der Waals surface area contributed by atoms with Crippen molar-refractivity contribution in [1.82, 2.24) is 28.8 Å². The third-order valence-electron chi connectivity index (χ3n) is 4.72. The second-order valence-corrected chi connectivity index (χ2v) is 9.30. The van der Waals surface area contributed by atoms with Crippen molar-refractivity contribution in [2.75, 3.05) is 26.2 Å². The molecule has 27 heavy (non-hydrogen) atoms. The molecule has 0 spiro atoms. The van der Waals surface area contributed by atoms with E-state index in [1.54, 1.807) is 46.7 Å². The average Bonchev–Trinajstić information content (AvgIpc) is 3.26. The third kappa shape index (κ3) is 3.94. The molecule has 3 heterocycles. The van der Waals surface area contributed by atoms with Crippen molar-refractivity contribution in [2.45, 2.75) is 38.3 Å². The number of carbonyl (C=O) groups is 1. The summed E-state index contributed by atoms with van der Waals surface area (Å²) in [6.07, 6.45) is 4.95. The molecule has 0 N–H and O–H groups in total. The highest BCUT2D eigenvalue weighted by Crippen LogP contribution is 2.21. The smallest absolute Gasteiger partial charge is 0.247 e. The van der Waals surface area contributed by atoms with Crippen molar-refractivity contribution >= 4 is 31.9 Å². The number of amides is 1. The first kappa shape index (κ1) is 20.0. The standard InChI is InChI=1S/C16H23BrN6O3S/c1-4-21-11-15(12(2)19-21)27(25,26)22-7-5-20(6-8-22)16(24)13(3)23-10-14(17)9-18-23/h9-11,13H,4-8H2,1-3H3. The van der Waals surface area contributed by atoms with Gasteiger partial charge >= 0.3 is 0 Å². The number of hydrogen-bond donors (Lipinski definition) is 0. The van der Waals surface area contributed by atoms with Gasteiger partial charge < -0.3 is 4.90 Å². The minimum atomic E-state index is -3.61. The zero-order chi connectivity index (χ0) is 19.8. The zero-order valence-electron chi connectivity index (χ0n) is 15.5. The monoisotopic (exact) mass is 458 g/mol. The molecule has 1 aliphatic rings. The highest BCUT2D eigenvalue weighted by molar-refractivity contribution is 9.10. The van der Waals surface area contributed by atoms with E-state index >= 15 is 0 Å². The molecule has 9 nitrogen and oxygen atoms in total. The van der Waals surface area contributed by atoms with Crippen LogP contribution in [0.15, 0.2) is 28.0 Å². The predicted octanol–water partition coefficient (Wildman–Crippen LogP) is 1.26. The molecule has 0 aliphatic carbocycles. The predicted molar refractivity (Wildman–Crippen MR) is 103 cm³/mol. The molecule has 148 valence electrons. The van der Waals surface area contributed by atoms with Gasteiger partial charge in [-0.1, -0.05) is 0 Å². The summed E-state index contributed by atoms with van der Waals surface area (Å²) in [6.45, 7) is 7.24. The number of halogens is 1. The van der Waals surface area contributed by atoms with Crippen LogP contribution in [-0.2, 0) is 21.4 Å². The van der Waals surface area contributed by atoms with Crippen molar-refractivity contribution in [2.24, 2.45) is 0 Å². The summed E-state index contributed by atoms with van der Waals surface area (Å²) in [5.74, 6) is -0.0716. The molecule has 0 radical (unpaired) electrons. The van der Waals surface area contributed by atoms with Crippen molar-refractivity contribution in [3.8, 4) is 0 Å². The number of sulfonamides is 1. The number of rotatable bonds is 5. The van der Waals surface area contributed by atoms with E-state index in [0.29, 0.717) is 25.3 Å². The highest BCUT2D eigenvalue weighted by Gasteiger charge is 2.33. The van der Waals surface area contributed by atoms with Crippen LogP contribution in [0.4, 0.5) is 0 Å². The number of hydrogen-bond acceptors (Lipinski definition) is 5. The SMILES string of the molecule is CCn1cc(S(=O)(=O)N2CCN(C(=O)C(C)n3cc(Br)cn3)CC2)c(C)n1. The van der Waals surface area contributed by atoms with Crippen LogP contribution < -0.4 is 0 Å². The third-order valence-corrected chi connectivity index (χ3v) is 7.13. The molecule has 0 aromatic carbocycles. The van der Waals surface area contributed by atoms with Gasteiger partial charge in [-0.05, 0) is 36.7 Å². The second-order valence-electron chi connectivity index (χ2n) is 6.48. The van der Waals surface area contributed by atoms with E-state index in [9.17, 15) is 13.2 Å². The lowest BCUT2D eigenvalue weighted by atomic mass is 10.2. The van der Waals surface area contributed by atoms with Gasteiger partial charge in [-0.3, -0.25) is 14.2 Å². The Morgan fingerprint density at radius 3 is 2.44 bits per heavy atom. The van der Waals surface area contributed by atoms with Gasteiger partial charge in [-0.15, -0.1) is 0 Å². The average molecular weight is 459 g/mol. The summed E-state index contributed by atoms with van der Waals surface area (Å²) < 4.78 is 31.3. The van der Waals surface area contributed by atoms with Crippen molar-refractivity contribution in [3.63, 3.8) is 0 Å². The van der Waals surface area contributed by atoms with Gasteiger partial charge in [0.2, 0.25) is 15.9 Å². The lowest BCUT2D eigenvalue weighted by Gasteiger charge is -2.35. The van der Waals surface area contributed by atoms with Gasteiger partial charge in [0.05, 0.1) is 16.4 Å². The molecular weight excluding hydrogens is 436 g/mol. The number of aromatic nitrogens is 4. The van der Waals surface area contributed by atoms with Crippen LogP contribution in [0.1, 0.15) is 25.6 Å². The Morgan fingerprint density at radius 2 is 1.93 bits per heavy atom. The maximum absolute atomic E-state index is 12.9. The van der Waals surface area contributed by atoms with Crippen LogP contribution in [0.2, 0.25) is 0 Å². The van der Waals surface area contributed by atoms with Gasteiger partial charge in [0.1, 0.15) is 10.9 Å². The highest BCUT2D eigenvalue weighted by atomic mass is 79.9. The normalized spacial score (nSPS) is 17.3. The van der Waals surface area contributed by atoms with Crippen LogP contribution in [-0.4, -0.2) is 69.3 Å². The summed E-state index contributed by atoms with van der Waals surface area (Å²) in [7, 11) is -3.61. The van der Waals surface area contributed by atoms with Gasteiger partial charge in [-0.2, -0.15) is 14.5 Å². The first-order chi connectivity index (χ1) is 12.7. The van der Waals surface area contributed by atoms with E-state index in [0.717, 1.165) is 4.47 Å². The number of piperazine rings is 1. The molecule has 3 rings (SSSR count). The van der Waals surface area contributed by atoms with Crippen LogP contribution >= 0.6 is 15.9 Å². The molecule has 2 aromatic rings. The zero-order valence-corrected chi connectivity index (χ0v) is 17.9. The molecular formula is C16H23BrN6O3S. The first-order valence-electron chi connectivity index (χ1n) is 8.76. The molecule has 11 heteroatoms. The number of nitrogens with zero attached hydrogens (tertiary/aromatic N) is 6. The maximum Gasteiger partial charge on any atom is 0.247 e. The van der Waals surface area contributed by atoms with Crippen LogP contribution in [0.3, 0.4) is 0 Å². The minimum absolute atomic E-state index is 0.0716. The van der Waals surface area contributed by atoms with Crippen LogP contribution in [0, 0.1) is 6.92 Å². The molecule has 1 aliphatic heterocycles. The number of aryl methyl sites for hydroxylation is 2. The molecule has 1 atom stereocenters. The van der Waals surface area contributed by atoms with Crippen molar-refractivity contribution < 1.29 is 13.2 Å². The molecule has 1 saturated heterocycles. The summed E-state index contributed by atoms with van der Waals surface area (Å²) in [5, 5.41) is 8.38. The minimum Gasteiger partial charge on any atom is -0.338 e. The summed E-state index contributed by atoms with van der Waals surface area (Å²) in [6, 6.07) is -0.440. The Morgan fingerprint density at radius 1 is 1.26 bits per heavy atom. The maximum atomic E-state index is 12.9. The lowest BCUT2D eigenvalue weighted by molar-refractivity contribution is -0.135. The van der Waals surface area contributed by atoms with Gasteiger partial charge in [0.25, 0.3) is 0 Å². The van der Waals surface area contributed by atoms with E-state index in [4.69, 9.17) is 0 Å². The fourth-order valence-electron chi connectivity index (χ4n) is 3.11. The lowest BCUT2D eigenvalue weighted by Crippen LogP contribution is -2.51. The van der Waals surface area contributed by atoms with Gasteiger partial charge in [0, 0.05) is 45.1 Å². The first-order valence-corrected chi connectivity index (χ1v) is 11.0. The Kier molecular flexibility index (Phi) is 5.73. The Hall–Kier alpha value is -1.72. The Balaban J connectivity index is 1.67. The van der Waals surface area contributed by atoms with Crippen LogP contribution in [0.25, 0.3) is 0 Å². The molecule has 1 amide bonds. The fourth-order valence-corrected chi connectivity index (χ4v) is 5.00. The second kappa shape index (κ2) is 7.72. The fraction of sp³-hybridized carbons (Fsp3) is 0.562. The van der Waals surface area contributed by atoms with Crippen molar-refractivity contribution in [3.05, 3.63) is 28.8 Å². The van der Waals surface area contributed by atoms with E-state index < -0.39 is 16.1 Å². The quantitative estimate of drug-likeness (QED) is 0.672. The van der Waals surface area contributed by atoms with E-state index in [-0.39, 0.29) is 23.9 Å². The topological polar surface area (TPSA) is 93.3 Å². The summed E-state index contributed by atoms with van der Waals surface area (Å²) in [4.78, 5) is 14.6. The van der Waals surface area contributed by atoms with Crippen LogP contribution in [0.5, 0.6) is 0 Å². The van der Waals surface area contributed by atoms with Crippen molar-refractivity contribution in [1.29, 1.82) is 0 Å². The van der Waals surface area contributed by atoms with E-state index in [2.05, 4.69) is 26.1 Å². The van der Waals surface area contributed by atoms with Gasteiger partial charge in [-0.25, -0.2) is 8.42 Å². The Labute approximate surface area is 167 Å².